The van der Waals surface area contributed by atoms with Gasteiger partial charge in [0.05, 0.1) is 0 Å². The highest BCUT2D eigenvalue weighted by molar-refractivity contribution is 5.74. The van der Waals surface area contributed by atoms with E-state index in [1.54, 1.807) is 0 Å². The predicted molar refractivity (Wildman–Crippen MR) is 190 cm³/mol. The smallest absolute Gasteiger partial charge is 0.311 e. The minimum atomic E-state index is -0.0953. The SMILES string of the molecule is CCCCCCCCCCCCCCCCC1(C)CCc2c(C)c(OC(=O)CCCCCCCCCCC)c(C)c(C)c2O1. The van der Waals surface area contributed by atoms with Crippen molar-refractivity contribution in [3.05, 3.63) is 22.3 Å². The summed E-state index contributed by atoms with van der Waals surface area (Å²) in [5.41, 5.74) is 4.45. The number of ether oxygens (including phenoxy) is 2. The molecule has 0 fully saturated rings. The molecule has 1 aliphatic rings. The molecule has 1 heterocycles. The monoisotopic (exact) mass is 613 g/mol. The molecule has 1 aromatic carbocycles. The van der Waals surface area contributed by atoms with Gasteiger partial charge in [0.25, 0.3) is 0 Å². The Morgan fingerprint density at radius 3 is 1.52 bits per heavy atom. The van der Waals surface area contributed by atoms with Crippen LogP contribution in [-0.4, -0.2) is 11.6 Å². The lowest BCUT2D eigenvalue weighted by atomic mass is 9.84. The number of hydrogen-bond acceptors (Lipinski definition) is 3. The Labute approximate surface area is 274 Å². The summed E-state index contributed by atoms with van der Waals surface area (Å²) < 4.78 is 12.8. The van der Waals surface area contributed by atoms with Crippen LogP contribution < -0.4 is 9.47 Å². The number of carbonyl (C=O) groups excluding carboxylic acids is 1. The van der Waals surface area contributed by atoms with Gasteiger partial charge in [-0.25, -0.2) is 0 Å². The molecule has 254 valence electrons. The van der Waals surface area contributed by atoms with Crippen LogP contribution in [0.4, 0.5) is 0 Å². The van der Waals surface area contributed by atoms with Crippen molar-refractivity contribution in [1.82, 2.24) is 0 Å². The molecule has 1 aromatic rings. The van der Waals surface area contributed by atoms with Crippen LogP contribution in [0.15, 0.2) is 0 Å². The van der Waals surface area contributed by atoms with Crippen molar-refractivity contribution in [1.29, 1.82) is 0 Å². The summed E-state index contributed by atoms with van der Waals surface area (Å²) in [5.74, 6) is 1.75. The van der Waals surface area contributed by atoms with E-state index >= 15 is 0 Å². The van der Waals surface area contributed by atoms with Crippen molar-refractivity contribution in [2.24, 2.45) is 0 Å². The maximum atomic E-state index is 12.8. The van der Waals surface area contributed by atoms with E-state index < -0.39 is 0 Å². The number of hydrogen-bond donors (Lipinski definition) is 0. The molecule has 0 bridgehead atoms. The summed E-state index contributed by atoms with van der Waals surface area (Å²) in [6.45, 7) is 13.2. The highest BCUT2D eigenvalue weighted by Gasteiger charge is 2.34. The fraction of sp³-hybridized carbons (Fsp3) is 0.829. The van der Waals surface area contributed by atoms with E-state index in [1.807, 2.05) is 0 Å². The maximum absolute atomic E-state index is 12.8. The maximum Gasteiger partial charge on any atom is 0.311 e. The third-order valence-electron chi connectivity index (χ3n) is 10.3. The summed E-state index contributed by atoms with van der Waals surface area (Å²) in [6, 6.07) is 0. The zero-order valence-corrected chi connectivity index (χ0v) is 30.3. The van der Waals surface area contributed by atoms with Crippen molar-refractivity contribution >= 4 is 5.97 Å². The largest absolute Gasteiger partial charge is 0.487 e. The average molecular weight is 613 g/mol. The summed E-state index contributed by atoms with van der Waals surface area (Å²) in [7, 11) is 0. The van der Waals surface area contributed by atoms with Crippen LogP contribution >= 0.6 is 0 Å². The molecule has 44 heavy (non-hydrogen) atoms. The van der Waals surface area contributed by atoms with E-state index in [2.05, 4.69) is 41.5 Å². The summed E-state index contributed by atoms with van der Waals surface area (Å²) in [6.07, 6.45) is 34.5. The number of esters is 1. The number of benzene rings is 1. The molecule has 0 N–H and O–H groups in total. The number of unbranched alkanes of at least 4 members (excludes halogenated alkanes) is 21. The van der Waals surface area contributed by atoms with Gasteiger partial charge in [0.15, 0.2) is 0 Å². The number of carbonyl (C=O) groups is 1. The molecule has 0 aromatic heterocycles. The van der Waals surface area contributed by atoms with Crippen LogP contribution in [0.2, 0.25) is 0 Å². The van der Waals surface area contributed by atoms with Crippen molar-refractivity contribution in [3.8, 4) is 11.5 Å². The zero-order chi connectivity index (χ0) is 32.0. The van der Waals surface area contributed by atoms with E-state index in [9.17, 15) is 4.79 Å². The Kier molecular flexibility index (Phi) is 20.1. The van der Waals surface area contributed by atoms with Gasteiger partial charge in [-0.3, -0.25) is 4.79 Å². The second-order valence-corrected chi connectivity index (χ2v) is 14.5. The second-order valence-electron chi connectivity index (χ2n) is 14.5. The standard InChI is InChI=1S/C41H72O3/c1-7-9-11-13-15-17-18-19-20-21-23-25-27-29-32-41(6)33-31-37-36(5)39(34(3)35(4)40(37)44-41)43-38(42)30-28-26-24-22-16-14-12-10-8-2/h7-33H2,1-6H3. The van der Waals surface area contributed by atoms with Gasteiger partial charge in [-0.05, 0) is 76.5 Å². The first-order valence-electron chi connectivity index (χ1n) is 19.3. The fourth-order valence-corrected chi connectivity index (χ4v) is 7.05. The number of fused-ring (bicyclic) bond motifs is 1. The Balaban J connectivity index is 1.68. The Bertz CT molecular complexity index is 919. The third-order valence-corrected chi connectivity index (χ3v) is 10.3. The Morgan fingerprint density at radius 1 is 0.614 bits per heavy atom. The molecule has 0 amide bonds. The van der Waals surface area contributed by atoms with E-state index in [0.717, 1.165) is 60.3 Å². The first-order chi connectivity index (χ1) is 21.3. The molecule has 0 radical (unpaired) electrons. The first-order valence-corrected chi connectivity index (χ1v) is 19.3. The van der Waals surface area contributed by atoms with Gasteiger partial charge < -0.3 is 9.47 Å². The molecular formula is C41H72O3. The lowest BCUT2D eigenvalue weighted by Gasteiger charge is -2.38. The normalized spacial score (nSPS) is 16.1. The average Bonchev–Trinajstić information content (AvgIpc) is 3.01. The minimum Gasteiger partial charge on any atom is -0.487 e. The summed E-state index contributed by atoms with van der Waals surface area (Å²) in [4.78, 5) is 12.8. The first kappa shape index (κ1) is 38.7. The predicted octanol–water partition coefficient (Wildman–Crippen LogP) is 13.4. The lowest BCUT2D eigenvalue weighted by Crippen LogP contribution is -2.37. The summed E-state index contributed by atoms with van der Waals surface area (Å²) >= 11 is 0. The Hall–Kier alpha value is -1.51. The van der Waals surface area contributed by atoms with Gasteiger partial charge in [0.1, 0.15) is 17.1 Å². The molecule has 0 spiro atoms. The molecule has 3 nitrogen and oxygen atoms in total. The molecule has 1 unspecified atom stereocenters. The highest BCUT2D eigenvalue weighted by atomic mass is 16.5. The molecule has 0 saturated carbocycles. The van der Waals surface area contributed by atoms with Crippen LogP contribution in [0.3, 0.4) is 0 Å². The summed E-state index contributed by atoms with van der Waals surface area (Å²) in [5, 5.41) is 0. The zero-order valence-electron chi connectivity index (χ0n) is 30.3. The van der Waals surface area contributed by atoms with Gasteiger partial charge in [0.2, 0.25) is 0 Å². The van der Waals surface area contributed by atoms with Crippen LogP contribution in [0, 0.1) is 20.8 Å². The van der Waals surface area contributed by atoms with Crippen LogP contribution in [0.1, 0.15) is 210 Å². The molecule has 1 aliphatic heterocycles. The van der Waals surface area contributed by atoms with E-state index in [-0.39, 0.29) is 11.6 Å². The molecule has 3 heteroatoms. The van der Waals surface area contributed by atoms with Crippen LogP contribution in [0.25, 0.3) is 0 Å². The molecule has 1 atom stereocenters. The minimum absolute atomic E-state index is 0.0853. The van der Waals surface area contributed by atoms with E-state index in [4.69, 9.17) is 9.47 Å². The van der Waals surface area contributed by atoms with Gasteiger partial charge in [-0.15, -0.1) is 0 Å². The molecule has 0 saturated heterocycles. The Morgan fingerprint density at radius 2 is 1.05 bits per heavy atom. The lowest BCUT2D eigenvalue weighted by molar-refractivity contribution is -0.134. The van der Waals surface area contributed by atoms with Crippen molar-refractivity contribution in [2.45, 2.75) is 221 Å². The molecule has 2 rings (SSSR count). The van der Waals surface area contributed by atoms with Gasteiger partial charge >= 0.3 is 5.97 Å². The van der Waals surface area contributed by atoms with Crippen molar-refractivity contribution < 1.29 is 14.3 Å². The van der Waals surface area contributed by atoms with Crippen LogP contribution in [-0.2, 0) is 11.2 Å². The fourth-order valence-electron chi connectivity index (χ4n) is 7.05. The van der Waals surface area contributed by atoms with Crippen molar-refractivity contribution in [2.75, 3.05) is 0 Å². The van der Waals surface area contributed by atoms with Crippen molar-refractivity contribution in [3.63, 3.8) is 0 Å². The molecule has 0 aliphatic carbocycles. The number of rotatable bonds is 26. The van der Waals surface area contributed by atoms with Gasteiger partial charge in [-0.1, -0.05) is 149 Å². The van der Waals surface area contributed by atoms with Gasteiger partial charge in [-0.2, -0.15) is 0 Å². The van der Waals surface area contributed by atoms with E-state index in [1.165, 1.54) is 140 Å². The third kappa shape index (κ3) is 14.7. The van der Waals surface area contributed by atoms with Crippen LogP contribution in [0.5, 0.6) is 11.5 Å². The topological polar surface area (TPSA) is 35.5 Å². The molecular weight excluding hydrogens is 540 g/mol. The quantitative estimate of drug-likeness (QED) is 0.0593. The highest BCUT2D eigenvalue weighted by Crippen LogP contribution is 2.45. The van der Waals surface area contributed by atoms with E-state index in [0.29, 0.717) is 6.42 Å². The van der Waals surface area contributed by atoms with Gasteiger partial charge in [0, 0.05) is 12.0 Å². The second kappa shape index (κ2) is 22.9.